The maximum atomic E-state index is 11.3. The van der Waals surface area contributed by atoms with Crippen molar-refractivity contribution in [2.75, 3.05) is 25.5 Å². The smallest absolute Gasteiger partial charge is 0.328 e. The highest BCUT2D eigenvalue weighted by molar-refractivity contribution is 5.86. The molecule has 0 atom stereocenters. The Labute approximate surface area is 112 Å². The van der Waals surface area contributed by atoms with E-state index in [0.29, 0.717) is 0 Å². The summed E-state index contributed by atoms with van der Waals surface area (Å²) in [4.78, 5) is 23.6. The third kappa shape index (κ3) is 4.46. The average molecular weight is 262 g/mol. The monoisotopic (exact) mass is 262 g/mol. The van der Waals surface area contributed by atoms with E-state index in [9.17, 15) is 9.59 Å². The second-order valence-corrected chi connectivity index (χ2v) is 4.24. The first-order valence-electron chi connectivity index (χ1n) is 5.87. The molecule has 0 saturated carbocycles. The first-order chi connectivity index (χ1) is 8.93. The molecule has 0 fully saturated rings. The number of anilines is 1. The van der Waals surface area contributed by atoms with Gasteiger partial charge in [0.1, 0.15) is 0 Å². The predicted octanol–water partition coefficient (Wildman–Crippen LogP) is 1.28. The molecule has 0 radical (unpaired) electrons. The van der Waals surface area contributed by atoms with Crippen molar-refractivity contribution >= 4 is 23.6 Å². The Morgan fingerprint density at radius 1 is 1.42 bits per heavy atom. The number of benzene rings is 1. The summed E-state index contributed by atoms with van der Waals surface area (Å²) in [5.41, 5.74) is 2.71. The van der Waals surface area contributed by atoms with Crippen LogP contribution in [0.2, 0.25) is 0 Å². The molecule has 5 heteroatoms. The normalized spacial score (nSPS) is 10.5. The molecule has 0 heterocycles. The second kappa shape index (κ2) is 6.58. The average Bonchev–Trinajstić information content (AvgIpc) is 2.36. The Morgan fingerprint density at radius 2 is 2.11 bits per heavy atom. The van der Waals surface area contributed by atoms with Gasteiger partial charge < -0.3 is 15.3 Å². The highest BCUT2D eigenvalue weighted by Gasteiger charge is 2.06. The Bertz CT molecular complexity index is 509. The van der Waals surface area contributed by atoms with Crippen LogP contribution in [0, 0.1) is 6.92 Å². The lowest BCUT2D eigenvalue weighted by molar-refractivity contribution is -0.131. The molecular weight excluding hydrogens is 244 g/mol. The van der Waals surface area contributed by atoms with Crippen molar-refractivity contribution in [2.45, 2.75) is 6.92 Å². The van der Waals surface area contributed by atoms with Crippen LogP contribution in [0.4, 0.5) is 5.69 Å². The van der Waals surface area contributed by atoms with Gasteiger partial charge in [-0.05, 0) is 36.3 Å². The molecule has 0 aromatic heterocycles. The zero-order chi connectivity index (χ0) is 14.4. The number of carboxylic acid groups (broad SMARTS) is 1. The summed E-state index contributed by atoms with van der Waals surface area (Å²) in [5.74, 6) is -1.03. The van der Waals surface area contributed by atoms with Crippen LogP contribution >= 0.6 is 0 Å². The van der Waals surface area contributed by atoms with Gasteiger partial charge in [-0.25, -0.2) is 4.79 Å². The summed E-state index contributed by atoms with van der Waals surface area (Å²) >= 11 is 0. The number of aryl methyl sites for hydroxylation is 1. The number of nitrogens with one attached hydrogen (secondary N) is 1. The molecule has 0 aliphatic carbocycles. The zero-order valence-corrected chi connectivity index (χ0v) is 11.3. The van der Waals surface area contributed by atoms with Crippen LogP contribution in [0.1, 0.15) is 11.1 Å². The topological polar surface area (TPSA) is 69.6 Å². The summed E-state index contributed by atoms with van der Waals surface area (Å²) in [6, 6.07) is 5.62. The molecule has 19 heavy (non-hydrogen) atoms. The van der Waals surface area contributed by atoms with Crippen molar-refractivity contribution in [1.82, 2.24) is 5.32 Å². The van der Waals surface area contributed by atoms with Crippen LogP contribution in [0.5, 0.6) is 0 Å². The van der Waals surface area contributed by atoms with Crippen molar-refractivity contribution in [3.8, 4) is 0 Å². The quantitative estimate of drug-likeness (QED) is 0.784. The molecule has 0 bridgehead atoms. The number of aliphatic carboxylic acids is 1. The summed E-state index contributed by atoms with van der Waals surface area (Å²) < 4.78 is 0. The maximum absolute atomic E-state index is 11.3. The first kappa shape index (κ1) is 14.8. The molecule has 1 aromatic rings. The Morgan fingerprint density at radius 3 is 2.63 bits per heavy atom. The van der Waals surface area contributed by atoms with E-state index < -0.39 is 5.97 Å². The van der Waals surface area contributed by atoms with E-state index in [-0.39, 0.29) is 12.5 Å². The standard InChI is InChI=1S/C14H18N2O3/c1-10-8-12(16(3)9-13(17)15-2)6-4-11(10)5-7-14(18)19/h4-8H,9H2,1-3H3,(H,15,17)(H,18,19). The summed E-state index contributed by atoms with van der Waals surface area (Å²) in [7, 11) is 3.43. The van der Waals surface area contributed by atoms with Gasteiger partial charge in [0.2, 0.25) is 5.91 Å². The third-order valence-electron chi connectivity index (χ3n) is 2.76. The molecule has 0 unspecified atom stereocenters. The van der Waals surface area contributed by atoms with Crippen LogP contribution in [0.3, 0.4) is 0 Å². The van der Waals surface area contributed by atoms with Gasteiger partial charge in [-0.15, -0.1) is 0 Å². The minimum absolute atomic E-state index is 0.0602. The SMILES string of the molecule is CNC(=O)CN(C)c1ccc(C=CC(=O)O)c(C)c1. The fraction of sp³-hybridized carbons (Fsp3) is 0.286. The van der Waals surface area contributed by atoms with Gasteiger partial charge in [-0.3, -0.25) is 4.79 Å². The van der Waals surface area contributed by atoms with Crippen molar-refractivity contribution in [2.24, 2.45) is 0 Å². The highest BCUT2D eigenvalue weighted by atomic mass is 16.4. The lowest BCUT2D eigenvalue weighted by atomic mass is 10.1. The van der Waals surface area contributed by atoms with Gasteiger partial charge >= 0.3 is 5.97 Å². The molecular formula is C14H18N2O3. The van der Waals surface area contributed by atoms with E-state index in [1.165, 1.54) is 0 Å². The van der Waals surface area contributed by atoms with Gasteiger partial charge in [-0.2, -0.15) is 0 Å². The molecule has 1 amide bonds. The molecule has 1 aromatic carbocycles. The summed E-state index contributed by atoms with van der Waals surface area (Å²) in [6.45, 7) is 2.18. The number of hydrogen-bond acceptors (Lipinski definition) is 3. The number of rotatable bonds is 5. The van der Waals surface area contributed by atoms with Gasteiger partial charge in [0, 0.05) is 25.9 Å². The minimum Gasteiger partial charge on any atom is -0.478 e. The third-order valence-corrected chi connectivity index (χ3v) is 2.76. The number of carbonyl (C=O) groups excluding carboxylic acids is 1. The van der Waals surface area contributed by atoms with Crippen LogP contribution in [-0.2, 0) is 9.59 Å². The number of carbonyl (C=O) groups is 2. The van der Waals surface area contributed by atoms with Gasteiger partial charge in [0.05, 0.1) is 6.54 Å². The number of carboxylic acids is 1. The van der Waals surface area contributed by atoms with Crippen LogP contribution < -0.4 is 10.2 Å². The lowest BCUT2D eigenvalue weighted by Crippen LogP contribution is -2.32. The van der Waals surface area contributed by atoms with Gasteiger partial charge in [-0.1, -0.05) is 6.07 Å². The Hall–Kier alpha value is -2.30. The Kier molecular flexibility index (Phi) is 5.11. The number of amides is 1. The number of nitrogens with zero attached hydrogens (tertiary/aromatic N) is 1. The van der Waals surface area contributed by atoms with E-state index in [4.69, 9.17) is 5.11 Å². The van der Waals surface area contributed by atoms with E-state index in [0.717, 1.165) is 22.9 Å². The zero-order valence-electron chi connectivity index (χ0n) is 11.3. The molecule has 2 N–H and O–H groups in total. The second-order valence-electron chi connectivity index (χ2n) is 4.24. The number of likely N-dealkylation sites (N-methyl/N-ethyl adjacent to an activating group) is 2. The molecule has 1 rings (SSSR count). The first-order valence-corrected chi connectivity index (χ1v) is 5.87. The van der Waals surface area contributed by atoms with Crippen molar-refractivity contribution in [1.29, 1.82) is 0 Å². The molecule has 0 aliphatic rings. The highest BCUT2D eigenvalue weighted by Crippen LogP contribution is 2.19. The Balaban J connectivity index is 2.87. The van der Waals surface area contributed by atoms with Crippen molar-refractivity contribution in [3.63, 3.8) is 0 Å². The summed E-state index contributed by atoms with van der Waals surface area (Å²) in [6.07, 6.45) is 2.66. The van der Waals surface area contributed by atoms with Gasteiger partial charge in [0.15, 0.2) is 0 Å². The summed E-state index contributed by atoms with van der Waals surface area (Å²) in [5, 5.41) is 11.2. The van der Waals surface area contributed by atoms with Crippen LogP contribution in [0.15, 0.2) is 24.3 Å². The maximum Gasteiger partial charge on any atom is 0.328 e. The van der Waals surface area contributed by atoms with Crippen molar-refractivity contribution < 1.29 is 14.7 Å². The predicted molar refractivity (Wildman–Crippen MR) is 75.2 cm³/mol. The number of hydrogen-bond donors (Lipinski definition) is 2. The minimum atomic E-state index is -0.972. The largest absolute Gasteiger partial charge is 0.478 e. The van der Waals surface area contributed by atoms with Crippen LogP contribution in [-0.4, -0.2) is 37.6 Å². The van der Waals surface area contributed by atoms with Gasteiger partial charge in [0.25, 0.3) is 0 Å². The molecule has 0 saturated heterocycles. The van der Waals surface area contributed by atoms with E-state index in [2.05, 4.69) is 5.32 Å². The van der Waals surface area contributed by atoms with Crippen LogP contribution in [0.25, 0.3) is 6.08 Å². The van der Waals surface area contributed by atoms with E-state index >= 15 is 0 Å². The molecule has 5 nitrogen and oxygen atoms in total. The lowest BCUT2D eigenvalue weighted by Gasteiger charge is -2.19. The fourth-order valence-corrected chi connectivity index (χ4v) is 1.63. The fourth-order valence-electron chi connectivity index (χ4n) is 1.63. The van der Waals surface area contributed by atoms with Crippen molar-refractivity contribution in [3.05, 3.63) is 35.4 Å². The van der Waals surface area contributed by atoms with E-state index in [1.54, 1.807) is 13.1 Å². The molecule has 0 aliphatic heterocycles. The molecule has 0 spiro atoms. The van der Waals surface area contributed by atoms with E-state index in [1.807, 2.05) is 37.1 Å². The molecule has 102 valence electrons.